The van der Waals surface area contributed by atoms with Gasteiger partial charge < -0.3 is 5.32 Å². The molecule has 0 aromatic rings. The van der Waals surface area contributed by atoms with Gasteiger partial charge in [-0.1, -0.05) is 84.5 Å². The third kappa shape index (κ3) is 29.8. The summed E-state index contributed by atoms with van der Waals surface area (Å²) < 4.78 is 30.7. The van der Waals surface area contributed by atoms with E-state index in [0.717, 1.165) is 6.54 Å². The smallest absolute Gasteiger partial charge is 0.317 e. The van der Waals surface area contributed by atoms with Crippen molar-refractivity contribution in [3.05, 3.63) is 0 Å². The fourth-order valence-corrected chi connectivity index (χ4v) is 2.71. The fourth-order valence-electron chi connectivity index (χ4n) is 2.42. The molecule has 0 saturated carbocycles. The second-order valence-electron chi connectivity index (χ2n) is 6.08. The molecule has 0 saturated heterocycles. The summed E-state index contributed by atoms with van der Waals surface area (Å²) in [5.41, 5.74) is 0. The first-order chi connectivity index (χ1) is 11.5. The van der Waals surface area contributed by atoms with Crippen molar-refractivity contribution in [2.75, 3.05) is 19.7 Å². The van der Waals surface area contributed by atoms with Gasteiger partial charge in [-0.2, -0.15) is 8.42 Å². The summed E-state index contributed by atoms with van der Waals surface area (Å²) in [6, 6.07) is 0. The summed E-state index contributed by atoms with van der Waals surface area (Å²) in [5.74, 6) is 0. The molecule has 0 aliphatic rings. The average Bonchev–Trinajstić information content (AvgIpc) is 2.51. The molecular weight excluding hydrogens is 326 g/mol. The number of nitrogens with one attached hydrogen (secondary N) is 1. The predicted molar refractivity (Wildman–Crippen MR) is 103 cm³/mol. The van der Waals surface area contributed by atoms with E-state index in [-0.39, 0.29) is 6.61 Å². The standard InChI is InChI=1S/C16H35N.C2H6O4S/c1-3-5-6-7-8-9-10-11-12-13-14-15-16-17-4-2;1-2-6-7(3,4)5/h17H,3-16H2,1-2H3;2H2,1H3,(H,3,4,5). The van der Waals surface area contributed by atoms with Crippen LogP contribution in [0.2, 0.25) is 0 Å². The van der Waals surface area contributed by atoms with Crippen LogP contribution in [-0.2, 0) is 14.6 Å². The second-order valence-corrected chi connectivity index (χ2v) is 7.17. The Balaban J connectivity index is 0. The van der Waals surface area contributed by atoms with Crippen LogP contribution in [0.25, 0.3) is 0 Å². The number of hydrogen-bond donors (Lipinski definition) is 2. The van der Waals surface area contributed by atoms with Gasteiger partial charge in [-0.15, -0.1) is 0 Å². The Morgan fingerprint density at radius 1 is 0.750 bits per heavy atom. The first-order valence-corrected chi connectivity index (χ1v) is 11.2. The molecule has 0 aliphatic heterocycles. The molecule has 0 radical (unpaired) electrons. The lowest BCUT2D eigenvalue weighted by atomic mass is 10.1. The van der Waals surface area contributed by atoms with Crippen LogP contribution in [-0.4, -0.2) is 32.7 Å². The molecule has 0 spiro atoms. The minimum Gasteiger partial charge on any atom is -0.317 e. The molecule has 2 N–H and O–H groups in total. The van der Waals surface area contributed by atoms with Crippen molar-refractivity contribution in [1.29, 1.82) is 0 Å². The number of rotatable bonds is 16. The lowest BCUT2D eigenvalue weighted by molar-refractivity contribution is 0.283. The molecule has 0 rings (SSSR count). The zero-order valence-corrected chi connectivity index (χ0v) is 17.0. The van der Waals surface area contributed by atoms with E-state index in [1.54, 1.807) is 0 Å². The van der Waals surface area contributed by atoms with Gasteiger partial charge in [0.05, 0.1) is 6.61 Å². The van der Waals surface area contributed by atoms with E-state index < -0.39 is 10.4 Å². The van der Waals surface area contributed by atoms with Crippen molar-refractivity contribution < 1.29 is 17.2 Å². The Labute approximate surface area is 150 Å². The summed E-state index contributed by atoms with van der Waals surface area (Å²) in [6.45, 7) is 8.25. The molecule has 0 aromatic carbocycles. The van der Waals surface area contributed by atoms with Crippen LogP contribution < -0.4 is 5.32 Å². The van der Waals surface area contributed by atoms with Gasteiger partial charge in [-0.25, -0.2) is 4.18 Å². The van der Waals surface area contributed by atoms with Gasteiger partial charge in [0.25, 0.3) is 0 Å². The molecule has 0 amide bonds. The van der Waals surface area contributed by atoms with Gasteiger partial charge in [0.15, 0.2) is 0 Å². The summed E-state index contributed by atoms with van der Waals surface area (Å²) in [5, 5.41) is 3.38. The van der Waals surface area contributed by atoms with Crippen LogP contribution in [0.15, 0.2) is 0 Å². The molecule has 6 heteroatoms. The maximum atomic E-state index is 9.56. The monoisotopic (exact) mass is 367 g/mol. The van der Waals surface area contributed by atoms with E-state index in [1.165, 1.54) is 90.5 Å². The summed E-state index contributed by atoms with van der Waals surface area (Å²) in [4.78, 5) is 0. The van der Waals surface area contributed by atoms with Crippen LogP contribution in [0.1, 0.15) is 97.8 Å². The quantitative estimate of drug-likeness (QED) is 0.292. The van der Waals surface area contributed by atoms with Gasteiger partial charge >= 0.3 is 10.4 Å². The minimum absolute atomic E-state index is 0.0289. The molecular formula is C18H41NO4S. The molecule has 24 heavy (non-hydrogen) atoms. The molecule has 0 bridgehead atoms. The van der Waals surface area contributed by atoms with E-state index in [4.69, 9.17) is 4.55 Å². The molecule has 5 nitrogen and oxygen atoms in total. The maximum Gasteiger partial charge on any atom is 0.397 e. The number of unbranched alkanes of at least 4 members (excludes halogenated alkanes) is 11. The highest BCUT2D eigenvalue weighted by Gasteiger charge is 1.98. The van der Waals surface area contributed by atoms with E-state index in [0.29, 0.717) is 0 Å². The third-order valence-corrected chi connectivity index (χ3v) is 4.26. The van der Waals surface area contributed by atoms with Crippen molar-refractivity contribution in [2.24, 2.45) is 0 Å². The van der Waals surface area contributed by atoms with Crippen molar-refractivity contribution in [2.45, 2.75) is 97.8 Å². The van der Waals surface area contributed by atoms with E-state index in [1.807, 2.05) is 0 Å². The minimum atomic E-state index is -4.17. The van der Waals surface area contributed by atoms with Crippen LogP contribution in [0.3, 0.4) is 0 Å². The van der Waals surface area contributed by atoms with Gasteiger partial charge in [0, 0.05) is 0 Å². The third-order valence-electron chi connectivity index (χ3n) is 3.72. The zero-order valence-electron chi connectivity index (χ0n) is 16.2. The Bertz CT molecular complexity index is 307. The Kier molecular flexibility index (Phi) is 22.7. The van der Waals surface area contributed by atoms with Crippen LogP contribution >= 0.6 is 0 Å². The van der Waals surface area contributed by atoms with Gasteiger partial charge in [-0.3, -0.25) is 4.55 Å². The molecule has 0 aliphatic carbocycles. The Hall–Kier alpha value is -0.170. The van der Waals surface area contributed by atoms with E-state index in [2.05, 4.69) is 23.3 Å². The molecule has 0 aromatic heterocycles. The predicted octanol–water partition coefficient (Wildman–Crippen LogP) is 5.12. The zero-order chi connectivity index (χ0) is 18.5. The van der Waals surface area contributed by atoms with Crippen LogP contribution in [0.5, 0.6) is 0 Å². The maximum absolute atomic E-state index is 9.56. The lowest BCUT2D eigenvalue weighted by Crippen LogP contribution is -2.13. The molecule has 0 fully saturated rings. The van der Waals surface area contributed by atoms with E-state index >= 15 is 0 Å². The highest BCUT2D eigenvalue weighted by Crippen LogP contribution is 2.11. The second kappa shape index (κ2) is 20.9. The lowest BCUT2D eigenvalue weighted by Gasteiger charge is -2.03. The van der Waals surface area contributed by atoms with Crippen LogP contribution in [0.4, 0.5) is 0 Å². The highest BCUT2D eigenvalue weighted by atomic mass is 32.3. The molecule has 0 heterocycles. The summed E-state index contributed by atoms with van der Waals surface area (Å²) >= 11 is 0. The first-order valence-electron chi connectivity index (χ1n) is 9.80. The van der Waals surface area contributed by atoms with Gasteiger partial charge in [0.1, 0.15) is 0 Å². The van der Waals surface area contributed by atoms with Crippen molar-refractivity contribution in [1.82, 2.24) is 5.32 Å². The number of hydrogen-bond acceptors (Lipinski definition) is 4. The normalized spacial score (nSPS) is 11.2. The molecule has 148 valence electrons. The van der Waals surface area contributed by atoms with Crippen molar-refractivity contribution >= 4 is 10.4 Å². The largest absolute Gasteiger partial charge is 0.397 e. The Morgan fingerprint density at radius 3 is 1.46 bits per heavy atom. The first kappa shape index (κ1) is 26.1. The summed E-state index contributed by atoms with van der Waals surface area (Å²) in [6.07, 6.45) is 17.3. The topological polar surface area (TPSA) is 75.6 Å². The molecule has 0 unspecified atom stereocenters. The molecule has 0 atom stereocenters. The van der Waals surface area contributed by atoms with Gasteiger partial charge in [0.2, 0.25) is 0 Å². The van der Waals surface area contributed by atoms with Crippen molar-refractivity contribution in [3.63, 3.8) is 0 Å². The SMILES string of the molecule is CCCCCCCCCCCCCCNCC.CCOS(=O)(=O)O. The van der Waals surface area contributed by atoms with Crippen molar-refractivity contribution in [3.8, 4) is 0 Å². The highest BCUT2D eigenvalue weighted by molar-refractivity contribution is 7.80. The fraction of sp³-hybridized carbons (Fsp3) is 1.00. The average molecular weight is 368 g/mol. The Morgan fingerprint density at radius 2 is 1.17 bits per heavy atom. The van der Waals surface area contributed by atoms with E-state index in [9.17, 15) is 8.42 Å². The summed E-state index contributed by atoms with van der Waals surface area (Å²) in [7, 11) is -4.17. The van der Waals surface area contributed by atoms with Crippen LogP contribution in [0, 0.1) is 0 Å². The van der Waals surface area contributed by atoms with Gasteiger partial charge in [-0.05, 0) is 26.4 Å².